The maximum atomic E-state index is 14.2. The van der Waals surface area contributed by atoms with E-state index in [1.807, 2.05) is 121 Å². The molecule has 0 bridgehead atoms. The molecule has 6 aromatic carbocycles. The number of carbonyl (C=O) groups is 4. The Bertz CT molecular complexity index is 2570. The summed E-state index contributed by atoms with van der Waals surface area (Å²) in [6, 6.07) is 54.5. The number of aliphatic hydroxyl groups is 1. The van der Waals surface area contributed by atoms with Crippen LogP contribution in [-0.4, -0.2) is 103 Å². The molecule has 10 rings (SSSR count). The molecule has 11 nitrogen and oxygen atoms in total. The summed E-state index contributed by atoms with van der Waals surface area (Å²) in [5.74, 6) is -2.10. The second kappa shape index (κ2) is 24.5. The van der Waals surface area contributed by atoms with Gasteiger partial charge in [-0.2, -0.15) is 0 Å². The summed E-state index contributed by atoms with van der Waals surface area (Å²) in [5, 5.41) is 13.4. The van der Waals surface area contributed by atoms with Crippen molar-refractivity contribution in [3.05, 3.63) is 203 Å². The number of nitrogens with zero attached hydrogens (tertiary/aromatic N) is 3. The van der Waals surface area contributed by atoms with Crippen LogP contribution in [0.4, 0.5) is 11.4 Å². The monoisotopic (exact) mass is 954 g/mol. The van der Waals surface area contributed by atoms with Gasteiger partial charge in [0.25, 0.3) is 0 Å². The van der Waals surface area contributed by atoms with E-state index < -0.39 is 36.0 Å². The van der Waals surface area contributed by atoms with Crippen molar-refractivity contribution in [2.45, 2.75) is 87.4 Å². The Morgan fingerprint density at radius 2 is 0.958 bits per heavy atom. The molecule has 6 aromatic rings. The fourth-order valence-corrected chi connectivity index (χ4v) is 10.6. The SMILES string of the molecule is COC(=O)[C@@H]1C[C@@H](N2CCCCc3ccccc32)CN1C(=O)C(c1ccccc1)c1ccccc1.COC(=O)[C@@H]1C[C@H](O)CN1C(=O)C(c1ccccc1)c1ccccc1.c1ccc2c(c1)CCCCN2. The Morgan fingerprint density at radius 1 is 0.521 bits per heavy atom. The average molecular weight is 955 g/mol. The number of benzene rings is 6. The molecule has 2 fully saturated rings. The number of aliphatic hydroxyl groups excluding tert-OH is 1. The standard InChI is InChI=1S/C30H32N2O3.C20H21NO4.C10H13N/c1-35-30(34)27-20-25(31-19-11-10-13-22-12-8-9-18-26(22)31)21-32(27)29(33)28(23-14-4-2-5-15-23)24-16-6-3-7-17-24;1-25-20(24)17-12-16(22)13-21(17)19(23)18(14-8-4-2-5-9-14)15-10-6-3-7-11-15;1-2-7-10-9(5-1)6-3-4-8-11-10/h2-9,12,14-18,25,27-28H,10-11,13,19-21H2,1H3;2-11,16-18,22H,12-13H2,1H3;1-2,5,7,11H,3-4,6,8H2/t25-,27+;16-,17-;/m10./s1. The van der Waals surface area contributed by atoms with Crippen molar-refractivity contribution in [3.8, 4) is 0 Å². The van der Waals surface area contributed by atoms with Crippen molar-refractivity contribution in [2.75, 3.05) is 50.6 Å². The number of hydrogen-bond acceptors (Lipinski definition) is 9. The first-order valence-electron chi connectivity index (χ1n) is 25.1. The predicted octanol–water partition coefficient (Wildman–Crippen LogP) is 9.19. The fourth-order valence-electron chi connectivity index (χ4n) is 10.6. The van der Waals surface area contributed by atoms with E-state index in [1.165, 1.54) is 60.9 Å². The fraction of sp³-hybridized carbons (Fsp3) is 0.333. The number of fused-ring (bicyclic) bond motifs is 2. The highest BCUT2D eigenvalue weighted by Crippen LogP contribution is 2.36. The molecule has 71 heavy (non-hydrogen) atoms. The Hall–Kier alpha value is -7.24. The molecule has 0 radical (unpaired) electrons. The smallest absolute Gasteiger partial charge is 0.328 e. The van der Waals surface area contributed by atoms with Crippen LogP contribution >= 0.6 is 0 Å². The lowest BCUT2D eigenvalue weighted by atomic mass is 9.90. The van der Waals surface area contributed by atoms with Crippen molar-refractivity contribution in [1.29, 1.82) is 0 Å². The van der Waals surface area contributed by atoms with Gasteiger partial charge < -0.3 is 34.6 Å². The van der Waals surface area contributed by atoms with Gasteiger partial charge in [0.2, 0.25) is 11.8 Å². The first-order valence-corrected chi connectivity index (χ1v) is 25.1. The molecule has 4 aliphatic rings. The van der Waals surface area contributed by atoms with Crippen LogP contribution in [0.15, 0.2) is 170 Å². The summed E-state index contributed by atoms with van der Waals surface area (Å²) in [6.45, 7) is 2.70. The number of esters is 2. The number of rotatable bonds is 9. The Morgan fingerprint density at radius 3 is 1.49 bits per heavy atom. The number of para-hydroxylation sites is 2. The van der Waals surface area contributed by atoms with Gasteiger partial charge in [-0.3, -0.25) is 9.59 Å². The zero-order chi connectivity index (χ0) is 49.5. The Kier molecular flexibility index (Phi) is 17.3. The summed E-state index contributed by atoms with van der Waals surface area (Å²) < 4.78 is 9.99. The first kappa shape index (κ1) is 50.2. The summed E-state index contributed by atoms with van der Waals surface area (Å²) in [5.41, 5.74) is 8.95. The molecule has 2 amide bonds. The molecule has 4 atom stereocenters. The molecule has 2 N–H and O–H groups in total. The minimum atomic E-state index is -0.748. The van der Waals surface area contributed by atoms with E-state index in [-0.39, 0.29) is 36.8 Å². The number of likely N-dealkylation sites (tertiary alicyclic amines) is 2. The van der Waals surface area contributed by atoms with Gasteiger partial charge in [-0.1, -0.05) is 158 Å². The zero-order valence-corrected chi connectivity index (χ0v) is 40.9. The number of β-amino-alcohol motifs (C(OH)–C–C–N with tert-alkyl or cyclic N) is 1. The van der Waals surface area contributed by atoms with Crippen LogP contribution in [0.5, 0.6) is 0 Å². The van der Waals surface area contributed by atoms with Gasteiger partial charge in [-0.15, -0.1) is 0 Å². The summed E-state index contributed by atoms with van der Waals surface area (Å²) in [4.78, 5) is 58.2. The van der Waals surface area contributed by atoms with Crippen molar-refractivity contribution < 1.29 is 33.8 Å². The van der Waals surface area contributed by atoms with E-state index in [2.05, 4.69) is 58.7 Å². The van der Waals surface area contributed by atoms with Gasteiger partial charge in [0.1, 0.15) is 12.1 Å². The zero-order valence-electron chi connectivity index (χ0n) is 40.9. The minimum Gasteiger partial charge on any atom is -0.467 e. The highest BCUT2D eigenvalue weighted by atomic mass is 16.5. The lowest BCUT2D eigenvalue weighted by Crippen LogP contribution is -2.44. The van der Waals surface area contributed by atoms with Crippen molar-refractivity contribution in [1.82, 2.24) is 9.80 Å². The van der Waals surface area contributed by atoms with Crippen LogP contribution in [0, 0.1) is 0 Å². The third-order valence-corrected chi connectivity index (χ3v) is 14.1. The van der Waals surface area contributed by atoms with Crippen molar-refractivity contribution >= 4 is 35.1 Å². The third kappa shape index (κ3) is 12.2. The maximum Gasteiger partial charge on any atom is 0.328 e. The van der Waals surface area contributed by atoms with Crippen LogP contribution in [-0.2, 0) is 41.5 Å². The first-order chi connectivity index (χ1) is 34.7. The number of hydrogen-bond donors (Lipinski definition) is 2. The summed E-state index contributed by atoms with van der Waals surface area (Å²) >= 11 is 0. The van der Waals surface area contributed by atoms with E-state index in [1.54, 1.807) is 4.90 Å². The number of amides is 2. The molecule has 4 heterocycles. The number of aryl methyl sites for hydroxylation is 2. The molecule has 368 valence electrons. The van der Waals surface area contributed by atoms with Gasteiger partial charge in [-0.25, -0.2) is 9.59 Å². The quantitative estimate of drug-likeness (QED) is 0.136. The second-order valence-electron chi connectivity index (χ2n) is 18.7. The second-order valence-corrected chi connectivity index (χ2v) is 18.7. The van der Waals surface area contributed by atoms with E-state index in [0.29, 0.717) is 13.0 Å². The van der Waals surface area contributed by atoms with Crippen molar-refractivity contribution in [3.63, 3.8) is 0 Å². The average Bonchev–Trinajstić information content (AvgIpc) is 3.87. The molecule has 4 aliphatic heterocycles. The third-order valence-electron chi connectivity index (χ3n) is 14.1. The molecule has 0 aliphatic carbocycles. The van der Waals surface area contributed by atoms with Crippen LogP contribution in [0.1, 0.15) is 83.7 Å². The predicted molar refractivity (Wildman–Crippen MR) is 278 cm³/mol. The van der Waals surface area contributed by atoms with Gasteiger partial charge >= 0.3 is 11.9 Å². The van der Waals surface area contributed by atoms with Crippen LogP contribution in [0.2, 0.25) is 0 Å². The van der Waals surface area contributed by atoms with E-state index in [4.69, 9.17) is 9.47 Å². The van der Waals surface area contributed by atoms with Crippen molar-refractivity contribution in [2.24, 2.45) is 0 Å². The number of ether oxygens (including phenoxy) is 2. The Balaban J connectivity index is 0.000000162. The Labute approximate surface area is 418 Å². The number of carbonyl (C=O) groups excluding carboxylic acids is 4. The van der Waals surface area contributed by atoms with Gasteiger partial charge in [0, 0.05) is 56.4 Å². The van der Waals surface area contributed by atoms with E-state index >= 15 is 0 Å². The molecule has 2 saturated heterocycles. The minimum absolute atomic E-state index is 0.0524. The molecular formula is C60H66N4O7. The van der Waals surface area contributed by atoms with Gasteiger partial charge in [0.15, 0.2) is 0 Å². The molecule has 0 spiro atoms. The van der Waals surface area contributed by atoms with Gasteiger partial charge in [-0.05, 0) is 84.0 Å². The van der Waals surface area contributed by atoms with Crippen LogP contribution < -0.4 is 10.2 Å². The molecule has 0 saturated carbocycles. The number of anilines is 2. The van der Waals surface area contributed by atoms with Crippen LogP contribution in [0.3, 0.4) is 0 Å². The van der Waals surface area contributed by atoms with Gasteiger partial charge in [0.05, 0.1) is 32.2 Å². The van der Waals surface area contributed by atoms with E-state index in [9.17, 15) is 24.3 Å². The largest absolute Gasteiger partial charge is 0.467 e. The van der Waals surface area contributed by atoms with E-state index in [0.717, 1.165) is 54.6 Å². The topological polar surface area (TPSA) is 129 Å². The number of nitrogens with one attached hydrogen (secondary N) is 1. The summed E-state index contributed by atoms with van der Waals surface area (Å²) in [6.07, 6.45) is 7.22. The molecule has 11 heteroatoms. The molecular weight excluding hydrogens is 889 g/mol. The lowest BCUT2D eigenvalue weighted by molar-refractivity contribution is -0.151. The highest BCUT2D eigenvalue weighted by Gasteiger charge is 2.46. The maximum absolute atomic E-state index is 14.2. The molecule has 0 aromatic heterocycles. The summed E-state index contributed by atoms with van der Waals surface area (Å²) in [7, 11) is 2.70. The lowest BCUT2D eigenvalue weighted by Gasteiger charge is -2.32. The molecule has 0 unspecified atom stereocenters. The number of methoxy groups -OCH3 is 2. The van der Waals surface area contributed by atoms with Crippen LogP contribution in [0.25, 0.3) is 0 Å². The normalized spacial score (nSPS) is 19.3. The highest BCUT2D eigenvalue weighted by molar-refractivity contribution is 5.93.